The Bertz CT molecular complexity index is 681. The molecule has 0 N–H and O–H groups in total. The topological polar surface area (TPSA) is 33.0 Å². The Labute approximate surface area is 148 Å². The molecule has 2 rings (SSSR count). The van der Waals surface area contributed by atoms with Crippen LogP contribution in [-0.4, -0.2) is 0 Å². The van der Waals surface area contributed by atoms with E-state index < -0.39 is 0 Å². The maximum absolute atomic E-state index is 8.89. The molecule has 0 bridgehead atoms. The lowest BCUT2D eigenvalue weighted by Crippen LogP contribution is -1.96. The zero-order chi connectivity index (χ0) is 18.7. The summed E-state index contributed by atoms with van der Waals surface area (Å²) in [5.41, 5.74) is 5.44. The number of aryl methyl sites for hydroxylation is 2. The third kappa shape index (κ3) is 5.42. The average molecular weight is 325 g/mol. The van der Waals surface area contributed by atoms with Gasteiger partial charge in [-0.3, -0.25) is 0 Å². The number of hydrogen-bond donors (Lipinski definition) is 0. The van der Waals surface area contributed by atoms with E-state index in [-0.39, 0.29) is 0 Å². The molecule has 2 aromatic rings. The molecule has 0 saturated carbocycles. The van der Waals surface area contributed by atoms with Crippen molar-refractivity contribution >= 4 is 0 Å². The molecule has 0 atom stereocenters. The highest BCUT2D eigenvalue weighted by Gasteiger charge is 2.09. The van der Waals surface area contributed by atoms with Gasteiger partial charge in [-0.05, 0) is 73.7 Å². The van der Waals surface area contributed by atoms with Gasteiger partial charge in [0.25, 0.3) is 0 Å². The Hall–Kier alpha value is -2.27. The lowest BCUT2D eigenvalue weighted by Gasteiger charge is -2.15. The summed E-state index contributed by atoms with van der Waals surface area (Å²) in [6.45, 7) is 16.3. The number of hydrogen-bond acceptors (Lipinski definition) is 2. The second-order valence-corrected chi connectivity index (χ2v) is 5.02. The number of rotatable bonds is 3. The van der Waals surface area contributed by atoms with Gasteiger partial charge in [-0.15, -0.1) is 0 Å². The third-order valence-corrected chi connectivity index (χ3v) is 3.75. The van der Waals surface area contributed by atoms with Crippen LogP contribution in [0.1, 0.15) is 62.4 Å². The highest BCUT2D eigenvalue weighted by atomic mass is 16.5. The zero-order valence-corrected chi connectivity index (χ0v) is 16.4. The molecule has 0 saturated heterocycles. The number of benzene rings is 2. The van der Waals surface area contributed by atoms with E-state index in [0.29, 0.717) is 5.56 Å². The summed E-state index contributed by atoms with van der Waals surface area (Å²) < 4.78 is 6.01. The van der Waals surface area contributed by atoms with E-state index >= 15 is 0 Å². The molecule has 0 heterocycles. The average Bonchev–Trinajstić information content (AvgIpc) is 2.64. The van der Waals surface area contributed by atoms with Crippen LogP contribution in [0.15, 0.2) is 30.3 Å². The number of nitrogens with zero attached hydrogens (tertiary/aromatic N) is 1. The van der Waals surface area contributed by atoms with Crippen LogP contribution >= 0.6 is 0 Å². The van der Waals surface area contributed by atoms with Gasteiger partial charge in [0.1, 0.15) is 11.5 Å². The molecule has 24 heavy (non-hydrogen) atoms. The fourth-order valence-corrected chi connectivity index (χ4v) is 2.30. The van der Waals surface area contributed by atoms with Crippen molar-refractivity contribution in [3.05, 3.63) is 58.1 Å². The van der Waals surface area contributed by atoms with Crippen LogP contribution in [0.4, 0.5) is 0 Å². The molecule has 0 aliphatic rings. The maximum Gasteiger partial charge on any atom is 0.130 e. The molecule has 2 heteroatoms. The normalized spacial score (nSPS) is 8.96. The summed E-state index contributed by atoms with van der Waals surface area (Å²) >= 11 is 0. The van der Waals surface area contributed by atoms with Crippen LogP contribution in [0.5, 0.6) is 11.5 Å². The first-order chi connectivity index (χ1) is 11.6. The Morgan fingerprint density at radius 1 is 0.875 bits per heavy atom. The van der Waals surface area contributed by atoms with Gasteiger partial charge in [-0.25, -0.2) is 0 Å². The minimum absolute atomic E-state index is 0.657. The first-order valence-electron chi connectivity index (χ1n) is 8.84. The molecular formula is C22H31NO. The molecule has 0 amide bonds. The van der Waals surface area contributed by atoms with E-state index in [1.165, 1.54) is 16.7 Å². The second-order valence-electron chi connectivity index (χ2n) is 5.02. The summed E-state index contributed by atoms with van der Waals surface area (Å²) in [5.74, 6) is 1.68. The summed E-state index contributed by atoms with van der Waals surface area (Å²) in [6, 6.07) is 11.8. The van der Waals surface area contributed by atoms with Gasteiger partial charge in [0.15, 0.2) is 0 Å². The van der Waals surface area contributed by atoms with Gasteiger partial charge in [0.2, 0.25) is 0 Å². The first kappa shape index (κ1) is 21.7. The lowest BCUT2D eigenvalue weighted by atomic mass is 10.0. The monoisotopic (exact) mass is 325 g/mol. The van der Waals surface area contributed by atoms with Crippen molar-refractivity contribution in [2.75, 3.05) is 0 Å². The van der Waals surface area contributed by atoms with E-state index in [9.17, 15) is 0 Å². The van der Waals surface area contributed by atoms with Crippen LogP contribution in [0.3, 0.4) is 0 Å². The first-order valence-corrected chi connectivity index (χ1v) is 8.84. The van der Waals surface area contributed by atoms with Crippen LogP contribution in [0.25, 0.3) is 0 Å². The van der Waals surface area contributed by atoms with Crippen molar-refractivity contribution in [2.24, 2.45) is 0 Å². The summed E-state index contributed by atoms with van der Waals surface area (Å²) in [5, 5.41) is 8.89. The maximum atomic E-state index is 8.89. The minimum Gasteiger partial charge on any atom is -0.457 e. The summed E-state index contributed by atoms with van der Waals surface area (Å²) in [6.07, 6.45) is 1.03. The molecule has 2 aromatic carbocycles. The van der Waals surface area contributed by atoms with Crippen molar-refractivity contribution in [2.45, 2.75) is 61.8 Å². The van der Waals surface area contributed by atoms with Gasteiger partial charge in [0, 0.05) is 0 Å². The van der Waals surface area contributed by atoms with Gasteiger partial charge in [-0.1, -0.05) is 40.7 Å². The smallest absolute Gasteiger partial charge is 0.130 e. The van der Waals surface area contributed by atoms with E-state index in [4.69, 9.17) is 10.00 Å². The predicted octanol–water partition coefficient (Wildman–Crippen LogP) is 6.89. The van der Waals surface area contributed by atoms with Crippen LogP contribution in [0, 0.1) is 32.1 Å². The van der Waals surface area contributed by atoms with Gasteiger partial charge in [0.05, 0.1) is 11.6 Å². The number of nitriles is 1. The third-order valence-electron chi connectivity index (χ3n) is 3.75. The molecule has 0 radical (unpaired) electrons. The fourth-order valence-electron chi connectivity index (χ4n) is 2.30. The van der Waals surface area contributed by atoms with E-state index in [1.54, 1.807) is 6.07 Å². The second kappa shape index (κ2) is 11.3. The molecule has 0 spiro atoms. The summed E-state index contributed by atoms with van der Waals surface area (Å²) in [7, 11) is 0. The van der Waals surface area contributed by atoms with Gasteiger partial charge in [-0.2, -0.15) is 5.26 Å². The molecule has 2 nitrogen and oxygen atoms in total. The van der Waals surface area contributed by atoms with E-state index in [0.717, 1.165) is 23.5 Å². The number of ether oxygens (including phenoxy) is 1. The minimum atomic E-state index is 0.657. The molecular weight excluding hydrogens is 294 g/mol. The molecule has 0 fully saturated rings. The van der Waals surface area contributed by atoms with Crippen molar-refractivity contribution in [1.82, 2.24) is 0 Å². The highest BCUT2D eigenvalue weighted by Crippen LogP contribution is 2.31. The summed E-state index contributed by atoms with van der Waals surface area (Å²) in [4.78, 5) is 0. The highest BCUT2D eigenvalue weighted by molar-refractivity contribution is 5.48. The van der Waals surface area contributed by atoms with Gasteiger partial charge >= 0.3 is 0 Å². The standard InChI is InChI=1S/C18H19NO.2C2H6/c1-5-16-7-9-18(14(4)13(16)3)20-17-8-6-15(11-19)10-12(17)2;2*1-2/h6-10H,5H2,1-4H3;2*1-2H3. The molecule has 130 valence electrons. The quantitative estimate of drug-likeness (QED) is 0.615. The SMILES string of the molecule is CC.CC.CCc1ccc(Oc2ccc(C#N)cc2C)c(C)c1C. The van der Waals surface area contributed by atoms with Crippen molar-refractivity contribution in [3.8, 4) is 17.6 Å². The molecule has 0 aromatic heterocycles. The van der Waals surface area contributed by atoms with Crippen LogP contribution in [0.2, 0.25) is 0 Å². The predicted molar refractivity (Wildman–Crippen MR) is 104 cm³/mol. The van der Waals surface area contributed by atoms with Crippen molar-refractivity contribution < 1.29 is 4.74 Å². The Balaban J connectivity index is 0.00000123. The molecule has 0 aliphatic carbocycles. The lowest BCUT2D eigenvalue weighted by molar-refractivity contribution is 0.474. The van der Waals surface area contributed by atoms with Crippen LogP contribution in [-0.2, 0) is 6.42 Å². The largest absolute Gasteiger partial charge is 0.457 e. The van der Waals surface area contributed by atoms with Crippen molar-refractivity contribution in [1.29, 1.82) is 5.26 Å². The Morgan fingerprint density at radius 2 is 1.46 bits per heavy atom. The fraction of sp³-hybridized carbons (Fsp3) is 0.409. The Morgan fingerprint density at radius 3 is 1.96 bits per heavy atom. The molecule has 0 aliphatic heterocycles. The van der Waals surface area contributed by atoms with Gasteiger partial charge < -0.3 is 4.74 Å². The Kier molecular flexibility index (Phi) is 10.2. The van der Waals surface area contributed by atoms with E-state index in [2.05, 4.69) is 32.9 Å². The molecule has 0 unspecified atom stereocenters. The zero-order valence-electron chi connectivity index (χ0n) is 16.4. The van der Waals surface area contributed by atoms with Crippen LogP contribution < -0.4 is 4.74 Å². The van der Waals surface area contributed by atoms with E-state index in [1.807, 2.05) is 52.8 Å². The van der Waals surface area contributed by atoms with Crippen molar-refractivity contribution in [3.63, 3.8) is 0 Å².